The third-order valence-electron chi connectivity index (χ3n) is 3.92. The lowest BCUT2D eigenvalue weighted by Gasteiger charge is -2.13. The van der Waals surface area contributed by atoms with Crippen molar-refractivity contribution < 1.29 is 13.2 Å². The minimum Gasteiger partial charge on any atom is -0.370 e. The normalized spacial score (nSPS) is 11.3. The Balaban J connectivity index is 1.83. The second kappa shape index (κ2) is 9.33. The molecule has 0 fully saturated rings. The number of benzene rings is 1. The van der Waals surface area contributed by atoms with Crippen molar-refractivity contribution in [1.29, 1.82) is 0 Å². The number of unbranched alkanes of at least 4 members (excludes halogenated alkanes) is 1. The number of anilines is 1. The Bertz CT molecular complexity index is 821. The second-order valence-corrected chi connectivity index (χ2v) is 8.67. The number of hydrogen-bond acceptors (Lipinski definition) is 5. The van der Waals surface area contributed by atoms with Gasteiger partial charge in [0.15, 0.2) is 9.84 Å². The van der Waals surface area contributed by atoms with Crippen LogP contribution in [-0.4, -0.2) is 37.6 Å². The van der Waals surface area contributed by atoms with Gasteiger partial charge in [0.2, 0.25) is 0 Å². The molecular weight excluding hydrogens is 350 g/mol. The summed E-state index contributed by atoms with van der Waals surface area (Å²) in [5.74, 6) is 0.465. The molecule has 6 nitrogen and oxygen atoms in total. The SMILES string of the molecule is CC(C)S(=O)(=O)c1ccccc1C(=O)NCCCCNc1ccccn1. The molecule has 0 atom stereocenters. The number of nitrogens with zero attached hydrogens (tertiary/aromatic N) is 1. The average Bonchev–Trinajstić information content (AvgIpc) is 2.65. The summed E-state index contributed by atoms with van der Waals surface area (Å²) in [5, 5.41) is 5.43. The predicted molar refractivity (Wildman–Crippen MR) is 103 cm³/mol. The Kier molecular flexibility index (Phi) is 7.15. The summed E-state index contributed by atoms with van der Waals surface area (Å²) in [6.45, 7) is 4.46. The molecule has 0 aliphatic carbocycles. The first kappa shape index (κ1) is 19.9. The zero-order chi connectivity index (χ0) is 19.0. The smallest absolute Gasteiger partial charge is 0.252 e. The summed E-state index contributed by atoms with van der Waals surface area (Å²) in [7, 11) is -3.50. The van der Waals surface area contributed by atoms with E-state index in [0.717, 1.165) is 25.2 Å². The van der Waals surface area contributed by atoms with Crippen molar-refractivity contribution in [3.05, 3.63) is 54.2 Å². The van der Waals surface area contributed by atoms with Crippen LogP contribution in [0, 0.1) is 0 Å². The third-order valence-corrected chi connectivity index (χ3v) is 6.13. The van der Waals surface area contributed by atoms with E-state index in [1.54, 1.807) is 38.2 Å². The molecule has 2 aromatic rings. The maximum atomic E-state index is 12.4. The second-order valence-electron chi connectivity index (χ2n) is 6.19. The Hall–Kier alpha value is -2.41. The Morgan fingerprint density at radius 3 is 2.42 bits per heavy atom. The summed E-state index contributed by atoms with van der Waals surface area (Å²) >= 11 is 0. The van der Waals surface area contributed by atoms with Crippen LogP contribution in [0.25, 0.3) is 0 Å². The van der Waals surface area contributed by atoms with E-state index in [1.165, 1.54) is 6.07 Å². The van der Waals surface area contributed by atoms with E-state index in [0.29, 0.717) is 6.54 Å². The van der Waals surface area contributed by atoms with Crippen molar-refractivity contribution >= 4 is 21.6 Å². The number of nitrogens with one attached hydrogen (secondary N) is 2. The number of amides is 1. The molecule has 2 N–H and O–H groups in total. The number of carbonyl (C=O) groups excluding carboxylic acids is 1. The van der Waals surface area contributed by atoms with E-state index < -0.39 is 15.1 Å². The molecule has 0 saturated heterocycles. The van der Waals surface area contributed by atoms with Gasteiger partial charge in [-0.3, -0.25) is 4.79 Å². The van der Waals surface area contributed by atoms with Crippen LogP contribution in [0.4, 0.5) is 5.82 Å². The highest BCUT2D eigenvalue weighted by molar-refractivity contribution is 7.92. The molecule has 1 aromatic heterocycles. The van der Waals surface area contributed by atoms with Gasteiger partial charge in [0.25, 0.3) is 5.91 Å². The van der Waals surface area contributed by atoms with Crippen molar-refractivity contribution in [2.45, 2.75) is 36.8 Å². The Morgan fingerprint density at radius 1 is 1.04 bits per heavy atom. The quantitative estimate of drug-likeness (QED) is 0.658. The molecule has 2 rings (SSSR count). The number of hydrogen-bond donors (Lipinski definition) is 2. The van der Waals surface area contributed by atoms with Gasteiger partial charge >= 0.3 is 0 Å². The molecule has 0 aliphatic heterocycles. The van der Waals surface area contributed by atoms with E-state index >= 15 is 0 Å². The zero-order valence-electron chi connectivity index (χ0n) is 15.1. The molecule has 1 amide bonds. The van der Waals surface area contributed by atoms with Gasteiger partial charge in [0.1, 0.15) is 5.82 Å². The Labute approximate surface area is 155 Å². The van der Waals surface area contributed by atoms with Crippen molar-refractivity contribution in [3.63, 3.8) is 0 Å². The number of aromatic nitrogens is 1. The van der Waals surface area contributed by atoms with Crippen molar-refractivity contribution in [2.75, 3.05) is 18.4 Å². The molecule has 0 aliphatic rings. The Morgan fingerprint density at radius 2 is 1.73 bits per heavy atom. The molecule has 1 heterocycles. The first-order chi connectivity index (χ1) is 12.4. The average molecular weight is 375 g/mol. The van der Waals surface area contributed by atoms with E-state index in [4.69, 9.17) is 0 Å². The molecule has 140 valence electrons. The molecule has 0 saturated carbocycles. The molecule has 0 spiro atoms. The fraction of sp³-hybridized carbons (Fsp3) is 0.368. The third kappa shape index (κ3) is 5.29. The number of carbonyl (C=O) groups is 1. The standard InChI is InChI=1S/C19H25N3O3S/c1-15(2)26(24,25)17-10-4-3-9-16(17)19(23)22-14-8-7-13-21-18-11-5-6-12-20-18/h3-6,9-12,15H,7-8,13-14H2,1-2H3,(H,20,21)(H,22,23). The molecule has 0 bridgehead atoms. The van der Waals surface area contributed by atoms with E-state index in [-0.39, 0.29) is 16.4 Å². The van der Waals surface area contributed by atoms with Gasteiger partial charge in [-0.15, -0.1) is 0 Å². The zero-order valence-corrected chi connectivity index (χ0v) is 15.9. The molecule has 7 heteroatoms. The van der Waals surface area contributed by atoms with Crippen LogP contribution < -0.4 is 10.6 Å². The highest BCUT2D eigenvalue weighted by Crippen LogP contribution is 2.20. The lowest BCUT2D eigenvalue weighted by Crippen LogP contribution is -2.27. The fourth-order valence-corrected chi connectivity index (χ4v) is 3.63. The first-order valence-electron chi connectivity index (χ1n) is 8.69. The van der Waals surface area contributed by atoms with E-state index in [9.17, 15) is 13.2 Å². The summed E-state index contributed by atoms with van der Waals surface area (Å²) < 4.78 is 24.8. The van der Waals surface area contributed by atoms with Crippen molar-refractivity contribution in [2.24, 2.45) is 0 Å². The van der Waals surface area contributed by atoms with Gasteiger partial charge in [-0.2, -0.15) is 0 Å². The molecular formula is C19H25N3O3S. The summed E-state index contributed by atoms with van der Waals surface area (Å²) in [6.07, 6.45) is 3.37. The topological polar surface area (TPSA) is 88.2 Å². The van der Waals surface area contributed by atoms with E-state index in [1.807, 2.05) is 18.2 Å². The maximum absolute atomic E-state index is 12.4. The van der Waals surface area contributed by atoms with Crippen LogP contribution in [-0.2, 0) is 9.84 Å². The maximum Gasteiger partial charge on any atom is 0.252 e. The lowest BCUT2D eigenvalue weighted by molar-refractivity contribution is 0.0950. The largest absolute Gasteiger partial charge is 0.370 e. The van der Waals surface area contributed by atoms with Gasteiger partial charge in [-0.05, 0) is 51.0 Å². The van der Waals surface area contributed by atoms with Crippen molar-refractivity contribution in [1.82, 2.24) is 10.3 Å². The summed E-state index contributed by atoms with van der Waals surface area (Å²) in [4.78, 5) is 16.6. The molecule has 0 unspecified atom stereocenters. The van der Waals surface area contributed by atoms with Crippen LogP contribution in [0.3, 0.4) is 0 Å². The highest BCUT2D eigenvalue weighted by Gasteiger charge is 2.24. The van der Waals surface area contributed by atoms with Crippen LogP contribution in [0.15, 0.2) is 53.6 Å². The lowest BCUT2D eigenvalue weighted by atomic mass is 10.2. The predicted octanol–water partition coefficient (Wildman–Crippen LogP) is 2.89. The highest BCUT2D eigenvalue weighted by atomic mass is 32.2. The number of rotatable bonds is 9. The monoisotopic (exact) mass is 375 g/mol. The van der Waals surface area contributed by atoms with Gasteiger partial charge < -0.3 is 10.6 Å². The van der Waals surface area contributed by atoms with Crippen LogP contribution >= 0.6 is 0 Å². The van der Waals surface area contributed by atoms with Gasteiger partial charge in [-0.1, -0.05) is 18.2 Å². The number of pyridine rings is 1. The van der Waals surface area contributed by atoms with Gasteiger partial charge in [0.05, 0.1) is 15.7 Å². The van der Waals surface area contributed by atoms with Gasteiger partial charge in [-0.25, -0.2) is 13.4 Å². The summed E-state index contributed by atoms with van der Waals surface area (Å²) in [6, 6.07) is 12.0. The molecule has 0 radical (unpaired) electrons. The van der Waals surface area contributed by atoms with Crippen LogP contribution in [0.2, 0.25) is 0 Å². The molecule has 26 heavy (non-hydrogen) atoms. The minimum absolute atomic E-state index is 0.0873. The van der Waals surface area contributed by atoms with Gasteiger partial charge in [0, 0.05) is 19.3 Å². The minimum atomic E-state index is -3.50. The van der Waals surface area contributed by atoms with Crippen LogP contribution in [0.5, 0.6) is 0 Å². The van der Waals surface area contributed by atoms with E-state index in [2.05, 4.69) is 15.6 Å². The first-order valence-corrected chi connectivity index (χ1v) is 10.2. The number of sulfone groups is 1. The molecule has 1 aromatic carbocycles. The van der Waals surface area contributed by atoms with Crippen LogP contribution in [0.1, 0.15) is 37.0 Å². The van der Waals surface area contributed by atoms with Crippen molar-refractivity contribution in [3.8, 4) is 0 Å². The fourth-order valence-electron chi connectivity index (χ4n) is 2.39. The summed E-state index contributed by atoms with van der Waals surface area (Å²) in [5.41, 5.74) is 0.202.